The van der Waals surface area contributed by atoms with Gasteiger partial charge in [-0.2, -0.15) is 95.7 Å². The van der Waals surface area contributed by atoms with E-state index in [4.69, 9.17) is 11.6 Å². The average molecular weight is 2130 g/mol. The first-order valence-electron chi connectivity index (χ1n) is 50.6. The molecular weight excluding hydrogens is 2010 g/mol. The molecule has 5 fully saturated rings. The number of sulfonamides is 1. The summed E-state index contributed by atoms with van der Waals surface area (Å²) in [6, 6.07) is 28.6. The summed E-state index contributed by atoms with van der Waals surface area (Å²) < 4.78 is 226. The number of nitrogens with one attached hydrogen (secondary N) is 5. The van der Waals surface area contributed by atoms with E-state index >= 15 is 0 Å². The van der Waals surface area contributed by atoms with Crippen LogP contribution in [0.15, 0.2) is 121 Å². The standard InChI is InChI=1S/C22H27F3N4O.2C21H25F3N4O.C20H22ClF3N4O3S.C20H21F3N4O2/c1-2-28-11-5-8-19-17(14-28)20(27-26-19)21(30)29-12-9-15(10-13-29)16-6-3-4-7-18(16)22(23,24)25;1-2-27-10-9-18-16(13-27)19(26-25-18)20(29)28-11-7-14(8-12-28)15-5-3-4-6-17(15)21(22,23)24;1-2-27-10-9-16-18(13-27)25-26-19(16)20(29)28-11-7-14(8-12-28)15-5-3-4-6-17(15)21(22,23)24;21-12-32(30,31)28-10-7-17-15(11-28)18(26-25-17)19(29)27-8-5-13(6-9-27)14-3-1-2-4-16(14)20(22,23)24;1-12(28)27-10-15-17(11-27)24-25-18(15)19(29)26-8-6-13(7-9-26)14-4-2-3-5-16(14)20(21,22)23/h3-4,6-7,15H,2,5,8-14H2,1H3,(H,26,27);2*3-6,14H,2,7-13H2,1H3,(H,25,26);1-4,13H,5-12H2,(H,25,26);2-5,13H,6-11H2,1H3,(H,24,25). The Bertz CT molecular complexity index is 6510. The molecule has 20 rings (SSSR count). The van der Waals surface area contributed by atoms with E-state index in [1.807, 2.05) is 0 Å². The van der Waals surface area contributed by atoms with Crippen molar-refractivity contribution in [3.63, 3.8) is 0 Å². The fourth-order valence-corrected chi connectivity index (χ4v) is 23.4. The van der Waals surface area contributed by atoms with Crippen LogP contribution < -0.4 is 0 Å². The lowest BCUT2D eigenvalue weighted by atomic mass is 9.86. The first-order chi connectivity index (χ1) is 71.0. The largest absolute Gasteiger partial charge is 0.416 e. The summed E-state index contributed by atoms with van der Waals surface area (Å²) in [4.78, 5) is 93.7. The van der Waals surface area contributed by atoms with Crippen molar-refractivity contribution < 1.29 is 103 Å². The highest BCUT2D eigenvalue weighted by molar-refractivity contribution is 7.90. The molecule has 10 aromatic rings. The minimum absolute atomic E-state index is 0.0113. The first-order valence-corrected chi connectivity index (χ1v) is 52.7. The number of hydrogen-bond donors (Lipinski definition) is 5. The van der Waals surface area contributed by atoms with Gasteiger partial charge in [0.15, 0.2) is 28.5 Å². The van der Waals surface area contributed by atoms with Gasteiger partial charge in [-0.05, 0) is 197 Å². The molecule has 0 bridgehead atoms. The van der Waals surface area contributed by atoms with Crippen molar-refractivity contribution in [1.29, 1.82) is 0 Å². The Balaban J connectivity index is 0.000000133. The number of H-pyrrole nitrogens is 5. The highest BCUT2D eigenvalue weighted by Crippen LogP contribution is 2.47. The summed E-state index contributed by atoms with van der Waals surface area (Å²) in [5.74, 6) is -2.14. The van der Waals surface area contributed by atoms with E-state index < -0.39 is 73.9 Å². The minimum atomic E-state index is -4.42. The number of likely N-dealkylation sites (tertiary alicyclic amines) is 5. The number of aryl methyl sites for hydroxylation is 1. The van der Waals surface area contributed by atoms with Crippen LogP contribution in [0.1, 0.15) is 292 Å². The van der Waals surface area contributed by atoms with Gasteiger partial charge in [0.1, 0.15) is 5.21 Å². The van der Waals surface area contributed by atoms with E-state index in [0.717, 1.165) is 147 Å². The number of aromatic nitrogens is 10. The van der Waals surface area contributed by atoms with Crippen molar-refractivity contribution in [2.24, 2.45) is 0 Å². The number of carbonyl (C=O) groups excluding carboxylic acids is 6. The molecule has 28 nitrogen and oxygen atoms in total. The van der Waals surface area contributed by atoms with Crippen LogP contribution in [0, 0.1) is 0 Å². The summed E-state index contributed by atoms with van der Waals surface area (Å²) in [5.41, 5.74) is 9.22. The number of hydrogen-bond acceptors (Lipinski definition) is 16. The molecule has 6 amide bonds. The molecule has 45 heteroatoms. The number of piperidine rings is 5. The van der Waals surface area contributed by atoms with Crippen LogP contribution in [0.3, 0.4) is 0 Å². The Morgan fingerprint density at radius 1 is 0.302 bits per heavy atom. The van der Waals surface area contributed by atoms with Gasteiger partial charge in [0.2, 0.25) is 15.9 Å². The van der Waals surface area contributed by atoms with E-state index in [2.05, 4.69) is 86.5 Å². The number of halogens is 16. The highest BCUT2D eigenvalue weighted by Gasteiger charge is 2.46. The average Bonchev–Trinajstić information content (AvgIpc) is 1.69. The third-order valence-electron chi connectivity index (χ3n) is 30.6. The molecule has 15 heterocycles. The molecule has 0 unspecified atom stereocenters. The van der Waals surface area contributed by atoms with Gasteiger partial charge in [0.25, 0.3) is 29.5 Å². The molecule has 5 aromatic heterocycles. The Labute approximate surface area is 857 Å². The summed E-state index contributed by atoms with van der Waals surface area (Å²) in [6.45, 7) is 20.6. The predicted molar refractivity (Wildman–Crippen MR) is 522 cm³/mol. The van der Waals surface area contributed by atoms with Gasteiger partial charge >= 0.3 is 30.9 Å². The summed E-state index contributed by atoms with van der Waals surface area (Å²) >= 11 is 5.56. The van der Waals surface area contributed by atoms with E-state index in [1.165, 1.54) is 53.7 Å². The SMILES string of the molecule is CC(=O)N1Cc2[nH]nc(C(=O)N3CCC(c4ccccc4C(F)(F)F)CC3)c2C1.CCN1CCCc2[nH]nc(C(=O)N3CCC(c4ccccc4C(F)(F)F)CC3)c2C1.CCN1CCc2[nH]nc(C(=O)N3CCC(c4ccccc4C(F)(F)F)CC3)c2C1.CCN1CCc2c(C(=O)N3CCC(c4ccccc4C(F)(F)F)CC3)n[nH]c2C1.O=C(c1n[nH]c2c1CN(S(=O)(=O)CCl)CC2)N1CCC(c2ccccc2C(F)(F)F)CC1. The lowest BCUT2D eigenvalue weighted by molar-refractivity contribution is -0.139. The number of benzene rings is 5. The van der Waals surface area contributed by atoms with Gasteiger partial charge in [0, 0.05) is 176 Å². The van der Waals surface area contributed by atoms with Crippen LogP contribution in [0.5, 0.6) is 0 Å². The molecule has 10 aliphatic heterocycles. The van der Waals surface area contributed by atoms with Crippen LogP contribution in [-0.4, -0.2) is 260 Å². The lowest BCUT2D eigenvalue weighted by Crippen LogP contribution is -2.40. The number of rotatable bonds is 15. The Morgan fingerprint density at radius 3 is 0.846 bits per heavy atom. The topological polar surface area (TPSA) is 312 Å². The minimum Gasteiger partial charge on any atom is -0.337 e. The molecule has 0 saturated carbocycles. The number of fused-ring (bicyclic) bond motifs is 5. The van der Waals surface area contributed by atoms with Crippen molar-refractivity contribution >= 4 is 57.1 Å². The molecule has 149 heavy (non-hydrogen) atoms. The van der Waals surface area contributed by atoms with Crippen LogP contribution in [0.4, 0.5) is 65.9 Å². The van der Waals surface area contributed by atoms with Crippen LogP contribution in [0.2, 0.25) is 0 Å². The van der Waals surface area contributed by atoms with Crippen LogP contribution >= 0.6 is 11.6 Å². The first kappa shape index (κ1) is 110. The second-order valence-corrected chi connectivity index (χ2v) is 41.8. The van der Waals surface area contributed by atoms with Crippen molar-refractivity contribution in [2.75, 3.05) is 116 Å². The summed E-state index contributed by atoms with van der Waals surface area (Å²) in [7, 11) is -3.62. The third kappa shape index (κ3) is 25.1. The molecule has 5 saturated heterocycles. The fraction of sp³-hybridized carbons (Fsp3) is 0.510. The van der Waals surface area contributed by atoms with E-state index in [-0.39, 0.29) is 89.4 Å². The number of nitrogens with zero attached hydrogens (tertiary/aromatic N) is 15. The maximum Gasteiger partial charge on any atom is 0.416 e. The molecule has 10 aliphatic rings. The molecule has 802 valence electrons. The number of amides is 6. The van der Waals surface area contributed by atoms with Gasteiger partial charge in [0.05, 0.1) is 52.3 Å². The highest BCUT2D eigenvalue weighted by atomic mass is 35.5. The van der Waals surface area contributed by atoms with Crippen LogP contribution in [0.25, 0.3) is 0 Å². The van der Waals surface area contributed by atoms with Crippen molar-refractivity contribution in [2.45, 2.75) is 224 Å². The van der Waals surface area contributed by atoms with Gasteiger partial charge < -0.3 is 29.4 Å². The maximum absolute atomic E-state index is 13.4. The monoisotopic (exact) mass is 2130 g/mol. The molecule has 0 atom stereocenters. The lowest BCUT2D eigenvalue weighted by Gasteiger charge is -2.33. The second-order valence-electron chi connectivity index (χ2n) is 39.3. The number of alkyl halides is 16. The molecule has 0 spiro atoms. The Morgan fingerprint density at radius 2 is 0.550 bits per heavy atom. The smallest absolute Gasteiger partial charge is 0.337 e. The van der Waals surface area contributed by atoms with Gasteiger partial charge in [-0.25, -0.2) is 8.42 Å². The molecule has 5 aromatic carbocycles. The van der Waals surface area contributed by atoms with Crippen LogP contribution in [-0.2, 0) is 111 Å². The maximum atomic E-state index is 13.4. The molecular formula is C104H120ClF15N20O8S. The van der Waals surface area contributed by atoms with Gasteiger partial charge in [-0.3, -0.25) is 69.0 Å². The van der Waals surface area contributed by atoms with Crippen molar-refractivity contribution in [3.8, 4) is 0 Å². The normalized spacial score (nSPS) is 18.5. The number of likely N-dealkylation sites (N-methyl/N-ethyl adjacent to an activating group) is 2. The zero-order chi connectivity index (χ0) is 106. The zero-order valence-electron chi connectivity index (χ0n) is 82.9. The number of aromatic amines is 5. The van der Waals surface area contributed by atoms with Gasteiger partial charge in [-0.15, -0.1) is 11.6 Å². The summed E-state index contributed by atoms with van der Waals surface area (Å²) in [6.07, 6.45) is -13.1. The second kappa shape index (κ2) is 46.4. The van der Waals surface area contributed by atoms with Gasteiger partial charge in [-0.1, -0.05) is 112 Å². The van der Waals surface area contributed by atoms with E-state index in [0.29, 0.717) is 219 Å². The zero-order valence-corrected chi connectivity index (χ0v) is 84.5. The van der Waals surface area contributed by atoms with E-state index in [1.54, 1.807) is 77.9 Å². The third-order valence-corrected chi connectivity index (χ3v) is 32.8. The molecule has 5 N–H and O–H groups in total. The van der Waals surface area contributed by atoms with Crippen molar-refractivity contribution in [3.05, 3.63) is 262 Å². The summed E-state index contributed by atoms with van der Waals surface area (Å²) in [5, 5.41) is 35.3. The quantitative estimate of drug-likeness (QED) is 0.0470. The van der Waals surface area contributed by atoms with E-state index in [9.17, 15) is 103 Å². The Hall–Kier alpha value is -12.0. The number of carbonyl (C=O) groups is 6. The molecule has 0 aliphatic carbocycles. The molecule has 0 radical (unpaired) electrons. The van der Waals surface area contributed by atoms with Crippen molar-refractivity contribution in [1.82, 2.24) is 99.4 Å². The fourth-order valence-electron chi connectivity index (χ4n) is 22.2. The predicted octanol–water partition coefficient (Wildman–Crippen LogP) is 18.5. The Kier molecular flexibility index (Phi) is 34.2.